The van der Waals surface area contributed by atoms with Gasteiger partial charge in [0, 0.05) is 19.6 Å². The number of ether oxygens (including phenoxy) is 1. The molecule has 3 heterocycles. The van der Waals surface area contributed by atoms with Gasteiger partial charge in [-0.3, -0.25) is 9.59 Å². The Balaban J connectivity index is 1.26. The summed E-state index contributed by atoms with van der Waals surface area (Å²) in [5.74, 6) is -0.0100. The van der Waals surface area contributed by atoms with E-state index in [0.29, 0.717) is 29.5 Å². The number of carbonyl (C=O) groups excluding carboxylic acids is 2. The first-order chi connectivity index (χ1) is 13.7. The molecule has 2 N–H and O–H groups in total. The van der Waals surface area contributed by atoms with Crippen molar-refractivity contribution in [2.45, 2.75) is 38.0 Å². The second kappa shape index (κ2) is 8.86. The minimum absolute atomic E-state index is 0.0200. The summed E-state index contributed by atoms with van der Waals surface area (Å²) in [5, 5.41) is 6.88. The highest BCUT2D eigenvalue weighted by Crippen LogP contribution is 2.25. The summed E-state index contributed by atoms with van der Waals surface area (Å²) in [6, 6.07) is 13.4. The number of nitrogens with zero attached hydrogens (tertiary/aromatic N) is 1. The first-order valence-corrected chi connectivity index (χ1v) is 10.6. The quantitative estimate of drug-likeness (QED) is 0.784. The molecule has 2 aliphatic rings. The maximum Gasteiger partial charge on any atom is 0.263 e. The van der Waals surface area contributed by atoms with Crippen molar-refractivity contribution in [3.63, 3.8) is 0 Å². The van der Waals surface area contributed by atoms with Crippen LogP contribution in [0.2, 0.25) is 0 Å². The molecule has 1 aromatic carbocycles. The van der Waals surface area contributed by atoms with Crippen LogP contribution in [0, 0.1) is 0 Å². The number of anilines is 1. The summed E-state index contributed by atoms with van der Waals surface area (Å²) in [7, 11) is 0. The van der Waals surface area contributed by atoms with E-state index in [9.17, 15) is 9.59 Å². The average molecular weight is 400 g/mol. The van der Waals surface area contributed by atoms with Crippen molar-refractivity contribution in [3.8, 4) is 0 Å². The molecule has 28 heavy (non-hydrogen) atoms. The fourth-order valence-corrected chi connectivity index (χ4v) is 4.50. The van der Waals surface area contributed by atoms with Gasteiger partial charge in [-0.2, -0.15) is 0 Å². The Bertz CT molecular complexity index is 817. The number of thiophene rings is 1. The Labute approximate surface area is 168 Å². The summed E-state index contributed by atoms with van der Waals surface area (Å²) in [6.45, 7) is 2.87. The zero-order chi connectivity index (χ0) is 19.3. The summed E-state index contributed by atoms with van der Waals surface area (Å²) >= 11 is 1.34. The van der Waals surface area contributed by atoms with Crippen LogP contribution in [0.3, 0.4) is 0 Å². The number of carbonyl (C=O) groups is 2. The van der Waals surface area contributed by atoms with Crippen LogP contribution in [-0.4, -0.2) is 48.5 Å². The maximum atomic E-state index is 12.6. The van der Waals surface area contributed by atoms with E-state index >= 15 is 0 Å². The van der Waals surface area contributed by atoms with Crippen LogP contribution in [0.5, 0.6) is 0 Å². The van der Waals surface area contributed by atoms with Crippen molar-refractivity contribution >= 4 is 28.2 Å². The van der Waals surface area contributed by atoms with Gasteiger partial charge in [-0.05, 0) is 37.0 Å². The second-order valence-corrected chi connectivity index (χ2v) is 8.35. The normalized spacial score (nSPS) is 21.8. The van der Waals surface area contributed by atoms with Crippen molar-refractivity contribution in [1.29, 1.82) is 0 Å². The molecule has 0 bridgehead atoms. The first-order valence-electron chi connectivity index (χ1n) is 9.78. The molecule has 2 amide bonds. The van der Waals surface area contributed by atoms with E-state index in [1.54, 1.807) is 6.07 Å². The Hall–Kier alpha value is -2.22. The van der Waals surface area contributed by atoms with E-state index in [1.165, 1.54) is 11.3 Å². The van der Waals surface area contributed by atoms with Crippen molar-refractivity contribution in [2.24, 2.45) is 0 Å². The minimum Gasteiger partial charge on any atom is -0.372 e. The molecule has 6 nitrogen and oxygen atoms in total. The topological polar surface area (TPSA) is 70.7 Å². The third-order valence-electron chi connectivity index (χ3n) is 5.19. The van der Waals surface area contributed by atoms with Crippen LogP contribution >= 0.6 is 11.3 Å². The molecular weight excluding hydrogens is 374 g/mol. The molecule has 0 aliphatic carbocycles. The summed E-state index contributed by atoms with van der Waals surface area (Å²) in [4.78, 5) is 27.5. The van der Waals surface area contributed by atoms with E-state index in [2.05, 4.69) is 10.6 Å². The van der Waals surface area contributed by atoms with Gasteiger partial charge in [0.05, 0.1) is 28.6 Å². The van der Waals surface area contributed by atoms with E-state index in [4.69, 9.17) is 4.74 Å². The molecule has 0 unspecified atom stereocenters. The van der Waals surface area contributed by atoms with Gasteiger partial charge in [0.25, 0.3) is 5.91 Å². The molecule has 0 radical (unpaired) electrons. The second-order valence-electron chi connectivity index (χ2n) is 7.27. The van der Waals surface area contributed by atoms with Crippen molar-refractivity contribution in [1.82, 2.24) is 10.2 Å². The van der Waals surface area contributed by atoms with Crippen LogP contribution in [0.1, 0.15) is 34.5 Å². The Morgan fingerprint density at radius 1 is 1.14 bits per heavy atom. The van der Waals surface area contributed by atoms with Crippen LogP contribution in [0.4, 0.5) is 5.00 Å². The third kappa shape index (κ3) is 4.60. The van der Waals surface area contributed by atoms with E-state index in [1.807, 2.05) is 41.3 Å². The molecule has 148 valence electrons. The highest BCUT2D eigenvalue weighted by Gasteiger charge is 2.30. The van der Waals surface area contributed by atoms with Gasteiger partial charge in [-0.25, -0.2) is 0 Å². The molecule has 2 aliphatic heterocycles. The van der Waals surface area contributed by atoms with Crippen LogP contribution in [-0.2, 0) is 16.1 Å². The SMILES string of the molecule is O=C(Nc1ccc(C(=O)N2CCCC2)s1)[C@@H]1C[C@@H](OCc2ccccc2)CN1. The molecule has 1 aromatic heterocycles. The van der Waals surface area contributed by atoms with Gasteiger partial charge in [0.2, 0.25) is 5.91 Å². The molecular formula is C21H25N3O3S. The van der Waals surface area contributed by atoms with E-state index in [-0.39, 0.29) is 24.0 Å². The van der Waals surface area contributed by atoms with Gasteiger partial charge in [-0.1, -0.05) is 30.3 Å². The van der Waals surface area contributed by atoms with Gasteiger partial charge in [0.1, 0.15) is 0 Å². The highest BCUT2D eigenvalue weighted by atomic mass is 32.1. The average Bonchev–Trinajstić information content (AvgIpc) is 3.48. The van der Waals surface area contributed by atoms with Crippen molar-refractivity contribution in [2.75, 3.05) is 25.0 Å². The lowest BCUT2D eigenvalue weighted by Crippen LogP contribution is -2.35. The van der Waals surface area contributed by atoms with Crippen molar-refractivity contribution < 1.29 is 14.3 Å². The van der Waals surface area contributed by atoms with Gasteiger partial charge in [-0.15, -0.1) is 11.3 Å². The number of hydrogen-bond acceptors (Lipinski definition) is 5. The smallest absolute Gasteiger partial charge is 0.263 e. The molecule has 4 rings (SSSR count). The molecule has 2 saturated heterocycles. The number of hydrogen-bond donors (Lipinski definition) is 2. The maximum absolute atomic E-state index is 12.6. The van der Waals surface area contributed by atoms with E-state index in [0.717, 1.165) is 31.5 Å². The molecule has 0 saturated carbocycles. The monoisotopic (exact) mass is 399 g/mol. The fraction of sp³-hybridized carbons (Fsp3) is 0.429. The van der Waals surface area contributed by atoms with Crippen LogP contribution in [0.25, 0.3) is 0 Å². The predicted molar refractivity (Wildman–Crippen MR) is 110 cm³/mol. The number of likely N-dealkylation sites (tertiary alicyclic amines) is 1. The molecule has 2 fully saturated rings. The molecule has 0 spiro atoms. The molecule has 2 atom stereocenters. The number of rotatable bonds is 6. The Kier molecular flexibility index (Phi) is 6.04. The lowest BCUT2D eigenvalue weighted by Gasteiger charge is -2.13. The lowest BCUT2D eigenvalue weighted by atomic mass is 10.2. The highest BCUT2D eigenvalue weighted by molar-refractivity contribution is 7.18. The summed E-state index contributed by atoms with van der Waals surface area (Å²) in [6.07, 6.45) is 2.80. The first kappa shape index (κ1) is 19.1. The standard InChI is InChI=1S/C21H25N3O3S/c25-20(17-12-16(13-22-17)27-14-15-6-2-1-3-7-15)23-19-9-8-18(28-19)21(26)24-10-4-5-11-24/h1-3,6-9,16-17,22H,4-5,10-14H2,(H,23,25)/t16-,17+/m1/s1. The zero-order valence-corrected chi connectivity index (χ0v) is 16.5. The van der Waals surface area contributed by atoms with Crippen molar-refractivity contribution in [3.05, 3.63) is 52.9 Å². The van der Waals surface area contributed by atoms with Gasteiger partial charge >= 0.3 is 0 Å². The third-order valence-corrected chi connectivity index (χ3v) is 6.18. The Morgan fingerprint density at radius 2 is 1.93 bits per heavy atom. The molecule has 2 aromatic rings. The minimum atomic E-state index is -0.277. The molecule has 7 heteroatoms. The number of amides is 2. The number of benzene rings is 1. The van der Waals surface area contributed by atoms with Crippen LogP contribution in [0.15, 0.2) is 42.5 Å². The largest absolute Gasteiger partial charge is 0.372 e. The summed E-state index contributed by atoms with van der Waals surface area (Å²) < 4.78 is 5.92. The zero-order valence-electron chi connectivity index (χ0n) is 15.7. The predicted octanol–water partition coefficient (Wildman–Crippen LogP) is 2.87. The van der Waals surface area contributed by atoms with Gasteiger partial charge < -0.3 is 20.3 Å². The Morgan fingerprint density at radius 3 is 2.71 bits per heavy atom. The lowest BCUT2D eigenvalue weighted by molar-refractivity contribution is -0.118. The number of nitrogens with one attached hydrogen (secondary N) is 2. The summed E-state index contributed by atoms with van der Waals surface area (Å²) in [5.41, 5.74) is 1.13. The van der Waals surface area contributed by atoms with Gasteiger partial charge in [0.15, 0.2) is 0 Å². The van der Waals surface area contributed by atoms with E-state index < -0.39 is 0 Å². The van der Waals surface area contributed by atoms with Crippen LogP contribution < -0.4 is 10.6 Å². The fourth-order valence-electron chi connectivity index (χ4n) is 3.62.